The molecule has 2 rings (SSSR count). The Hall–Kier alpha value is -1.90. The molecule has 1 aliphatic rings. The van der Waals surface area contributed by atoms with Gasteiger partial charge in [0.05, 0.1) is 13.5 Å². The van der Waals surface area contributed by atoms with Crippen molar-refractivity contribution in [3.63, 3.8) is 0 Å². The Labute approximate surface area is 126 Å². The Morgan fingerprint density at radius 1 is 1.29 bits per heavy atom. The first-order valence-electron chi connectivity index (χ1n) is 7.42. The van der Waals surface area contributed by atoms with E-state index in [-0.39, 0.29) is 30.0 Å². The van der Waals surface area contributed by atoms with Crippen molar-refractivity contribution in [2.45, 2.75) is 32.6 Å². The van der Waals surface area contributed by atoms with E-state index in [1.54, 1.807) is 0 Å². The van der Waals surface area contributed by atoms with Gasteiger partial charge in [0.2, 0.25) is 0 Å². The topological polar surface area (TPSA) is 43.4 Å². The highest BCUT2D eigenvalue weighted by Gasteiger charge is 2.30. The molecule has 0 radical (unpaired) electrons. The Morgan fingerprint density at radius 3 is 2.67 bits per heavy atom. The third-order valence-electron chi connectivity index (χ3n) is 4.08. The molecule has 0 saturated carbocycles. The van der Waals surface area contributed by atoms with Gasteiger partial charge in [0.15, 0.2) is 0 Å². The lowest BCUT2D eigenvalue weighted by Gasteiger charge is -2.17. The molecule has 0 aliphatic heterocycles. The van der Waals surface area contributed by atoms with Crippen LogP contribution < -0.4 is 0 Å². The number of ether oxygens (including phenoxy) is 1. The first-order chi connectivity index (χ1) is 10.1. The highest BCUT2D eigenvalue weighted by molar-refractivity contribution is 5.89. The van der Waals surface area contributed by atoms with Gasteiger partial charge in [-0.15, -0.1) is 0 Å². The summed E-state index contributed by atoms with van der Waals surface area (Å²) in [5, 5.41) is 0. The van der Waals surface area contributed by atoms with Crippen LogP contribution in [0.25, 0.3) is 0 Å². The summed E-state index contributed by atoms with van der Waals surface area (Å²) < 4.78 is 4.71. The minimum absolute atomic E-state index is 0.135. The zero-order valence-electron chi connectivity index (χ0n) is 12.7. The molecule has 0 bridgehead atoms. The van der Waals surface area contributed by atoms with Gasteiger partial charge < -0.3 is 4.74 Å². The summed E-state index contributed by atoms with van der Waals surface area (Å²) in [5.74, 6) is -0.489. The largest absolute Gasteiger partial charge is 0.469 e. The summed E-state index contributed by atoms with van der Waals surface area (Å²) in [6.07, 6.45) is 4.59. The number of Topliss-reactive ketones (excluding diaryl/α,β-unsaturated/α-hetero) is 1. The van der Waals surface area contributed by atoms with Crippen molar-refractivity contribution in [3.05, 3.63) is 47.5 Å². The average Bonchev–Trinajstić information content (AvgIpc) is 2.62. The molecule has 0 spiro atoms. The highest BCUT2D eigenvalue weighted by atomic mass is 16.5. The van der Waals surface area contributed by atoms with E-state index in [0.29, 0.717) is 6.42 Å². The third-order valence-corrected chi connectivity index (χ3v) is 4.08. The molecule has 1 aromatic rings. The molecule has 0 N–H and O–H groups in total. The summed E-state index contributed by atoms with van der Waals surface area (Å²) in [6, 6.07) is 10.0. The zero-order chi connectivity index (χ0) is 15.2. The molecule has 1 aliphatic carbocycles. The lowest BCUT2D eigenvalue weighted by atomic mass is 9.86. The molecule has 0 heterocycles. The predicted octanol–water partition coefficient (Wildman–Crippen LogP) is 3.33. The van der Waals surface area contributed by atoms with Crippen LogP contribution in [0.3, 0.4) is 0 Å². The zero-order valence-corrected chi connectivity index (χ0v) is 12.7. The molecule has 2 unspecified atom stereocenters. The molecule has 0 fully saturated rings. The van der Waals surface area contributed by atoms with Crippen LogP contribution >= 0.6 is 0 Å². The monoisotopic (exact) mass is 286 g/mol. The lowest BCUT2D eigenvalue weighted by Crippen LogP contribution is -2.25. The van der Waals surface area contributed by atoms with Crippen molar-refractivity contribution in [3.8, 4) is 0 Å². The van der Waals surface area contributed by atoms with Crippen LogP contribution in [-0.4, -0.2) is 18.9 Å². The quantitative estimate of drug-likeness (QED) is 0.630. The second-order valence-corrected chi connectivity index (χ2v) is 5.73. The van der Waals surface area contributed by atoms with E-state index >= 15 is 0 Å². The third kappa shape index (κ3) is 4.28. The number of rotatable bonds is 4. The fraction of sp³-hybridized carbons (Fsp3) is 0.444. The first-order valence-corrected chi connectivity index (χ1v) is 7.42. The molecule has 112 valence electrons. The summed E-state index contributed by atoms with van der Waals surface area (Å²) >= 11 is 0. The van der Waals surface area contributed by atoms with Crippen molar-refractivity contribution in [2.75, 3.05) is 7.11 Å². The number of carbonyl (C=O) groups excluding carboxylic acids is 2. The van der Waals surface area contributed by atoms with Crippen LogP contribution in [0.1, 0.15) is 31.7 Å². The molecule has 0 saturated heterocycles. The molecule has 21 heavy (non-hydrogen) atoms. The Kier molecular flexibility index (Phi) is 5.32. The van der Waals surface area contributed by atoms with Crippen molar-refractivity contribution in [1.29, 1.82) is 0 Å². The van der Waals surface area contributed by atoms with Gasteiger partial charge in [-0.3, -0.25) is 9.59 Å². The van der Waals surface area contributed by atoms with Crippen LogP contribution in [0, 0.1) is 11.8 Å². The van der Waals surface area contributed by atoms with E-state index in [9.17, 15) is 9.59 Å². The van der Waals surface area contributed by atoms with Gasteiger partial charge >= 0.3 is 5.97 Å². The Bertz CT molecular complexity index is 531. The standard InChI is InChI=1S/C18H22O3/c1-13-8-9-15(12-17(19)21-2)18(20)16(10-13)11-14-6-4-3-5-7-14/h3-7,10,15-16H,8-9,11-12H2,1-2H3. The predicted molar refractivity (Wildman–Crippen MR) is 81.8 cm³/mol. The number of carbonyl (C=O) groups is 2. The van der Waals surface area contributed by atoms with Gasteiger partial charge in [0.25, 0.3) is 0 Å². The number of benzene rings is 1. The second-order valence-electron chi connectivity index (χ2n) is 5.73. The summed E-state index contributed by atoms with van der Waals surface area (Å²) in [6.45, 7) is 2.06. The van der Waals surface area contributed by atoms with Gasteiger partial charge in [-0.2, -0.15) is 0 Å². The van der Waals surface area contributed by atoms with E-state index in [1.807, 2.05) is 30.3 Å². The fourth-order valence-corrected chi connectivity index (χ4v) is 2.87. The lowest BCUT2D eigenvalue weighted by molar-refractivity contribution is -0.144. The smallest absolute Gasteiger partial charge is 0.306 e. The number of hydrogen-bond acceptors (Lipinski definition) is 3. The van der Waals surface area contributed by atoms with E-state index in [2.05, 4.69) is 13.0 Å². The fourth-order valence-electron chi connectivity index (χ4n) is 2.87. The SMILES string of the molecule is COC(=O)CC1CCC(C)=CC(Cc2ccccc2)C1=O. The summed E-state index contributed by atoms with van der Waals surface area (Å²) in [5.41, 5.74) is 2.38. The van der Waals surface area contributed by atoms with E-state index < -0.39 is 0 Å². The normalized spacial score (nSPS) is 22.4. The Balaban J connectivity index is 2.14. The van der Waals surface area contributed by atoms with Crippen LogP contribution in [0.4, 0.5) is 0 Å². The van der Waals surface area contributed by atoms with E-state index in [1.165, 1.54) is 12.7 Å². The highest BCUT2D eigenvalue weighted by Crippen LogP contribution is 2.28. The summed E-state index contributed by atoms with van der Waals surface area (Å²) in [7, 11) is 1.37. The van der Waals surface area contributed by atoms with Gasteiger partial charge in [0, 0.05) is 11.8 Å². The van der Waals surface area contributed by atoms with Crippen molar-refractivity contribution in [1.82, 2.24) is 0 Å². The minimum atomic E-state index is -0.300. The van der Waals surface area contributed by atoms with Crippen LogP contribution in [0.2, 0.25) is 0 Å². The van der Waals surface area contributed by atoms with Gasteiger partial charge in [-0.25, -0.2) is 0 Å². The van der Waals surface area contributed by atoms with Crippen LogP contribution in [0.15, 0.2) is 42.0 Å². The van der Waals surface area contributed by atoms with Crippen molar-refractivity contribution >= 4 is 11.8 Å². The van der Waals surface area contributed by atoms with E-state index in [4.69, 9.17) is 4.74 Å². The van der Waals surface area contributed by atoms with Gasteiger partial charge in [0.1, 0.15) is 5.78 Å². The summed E-state index contributed by atoms with van der Waals surface area (Å²) in [4.78, 5) is 24.2. The maximum Gasteiger partial charge on any atom is 0.306 e. The molecule has 1 aromatic carbocycles. The minimum Gasteiger partial charge on any atom is -0.469 e. The molecular weight excluding hydrogens is 264 g/mol. The molecule has 3 heteroatoms. The maximum absolute atomic E-state index is 12.7. The number of hydrogen-bond donors (Lipinski definition) is 0. The van der Waals surface area contributed by atoms with E-state index in [0.717, 1.165) is 18.4 Å². The van der Waals surface area contributed by atoms with Crippen molar-refractivity contribution in [2.24, 2.45) is 11.8 Å². The Morgan fingerprint density at radius 2 is 2.00 bits per heavy atom. The van der Waals surface area contributed by atoms with Gasteiger partial charge in [-0.1, -0.05) is 42.0 Å². The number of esters is 1. The van der Waals surface area contributed by atoms with Crippen LogP contribution in [0.5, 0.6) is 0 Å². The first kappa shape index (κ1) is 15.5. The number of ketones is 1. The molecular formula is C18H22O3. The van der Waals surface area contributed by atoms with Crippen molar-refractivity contribution < 1.29 is 14.3 Å². The maximum atomic E-state index is 12.7. The number of methoxy groups -OCH3 is 1. The molecule has 0 amide bonds. The average molecular weight is 286 g/mol. The van der Waals surface area contributed by atoms with Crippen LogP contribution in [-0.2, 0) is 20.7 Å². The molecule has 2 atom stereocenters. The second kappa shape index (κ2) is 7.21. The van der Waals surface area contributed by atoms with Gasteiger partial charge in [-0.05, 0) is 31.7 Å². The molecule has 0 aromatic heterocycles. The number of allylic oxidation sites excluding steroid dienone is 2. The molecule has 3 nitrogen and oxygen atoms in total.